The lowest BCUT2D eigenvalue weighted by Crippen LogP contribution is -1.96. The van der Waals surface area contributed by atoms with Gasteiger partial charge in [0.15, 0.2) is 0 Å². The molecule has 0 amide bonds. The van der Waals surface area contributed by atoms with Crippen LogP contribution in [0.3, 0.4) is 0 Å². The highest BCUT2D eigenvalue weighted by Crippen LogP contribution is 2.51. The summed E-state index contributed by atoms with van der Waals surface area (Å²) >= 11 is 0. The van der Waals surface area contributed by atoms with Gasteiger partial charge in [-0.1, -0.05) is 255 Å². The quantitative estimate of drug-likeness (QED) is 0.113. The molecule has 0 bridgehead atoms. The molecule has 0 nitrogen and oxygen atoms in total. The third-order valence-corrected chi connectivity index (χ3v) is 16.6. The molecule has 0 aliphatic heterocycles. The molecular formula is C82H54. The first kappa shape index (κ1) is 48.5. The smallest absolute Gasteiger partial charge is 0.00139 e. The molecule has 0 saturated heterocycles. The summed E-state index contributed by atoms with van der Waals surface area (Å²) in [4.78, 5) is 0. The van der Waals surface area contributed by atoms with Crippen LogP contribution >= 0.6 is 0 Å². The minimum Gasteiger partial charge on any atom is -0.0622 e. The number of hydrogen-bond donors (Lipinski definition) is 0. The lowest BCUT2D eigenvalue weighted by atomic mass is 9.80. The van der Waals surface area contributed by atoms with Gasteiger partial charge in [0.05, 0.1) is 0 Å². The van der Waals surface area contributed by atoms with Crippen molar-refractivity contribution < 1.29 is 0 Å². The molecule has 0 heterocycles. The minimum absolute atomic E-state index is 1.17. The first-order chi connectivity index (χ1) is 40.6. The maximum Gasteiger partial charge on any atom is -0.00139 e. The second-order valence-electron chi connectivity index (χ2n) is 21.6. The summed E-state index contributed by atoms with van der Waals surface area (Å²) in [6, 6.07) is 121. The molecule has 0 saturated carbocycles. The van der Waals surface area contributed by atoms with Crippen LogP contribution in [0.2, 0.25) is 0 Å². The van der Waals surface area contributed by atoms with Gasteiger partial charge in [-0.05, 0) is 228 Å². The van der Waals surface area contributed by atoms with E-state index in [4.69, 9.17) is 0 Å². The fourth-order valence-corrected chi connectivity index (χ4v) is 12.6. The van der Waals surface area contributed by atoms with Crippen LogP contribution in [0.15, 0.2) is 328 Å². The lowest BCUT2D eigenvalue weighted by Gasteiger charge is -2.23. The molecule has 15 aromatic rings. The molecule has 82 heavy (non-hydrogen) atoms. The topological polar surface area (TPSA) is 0 Å². The minimum atomic E-state index is 1.17. The van der Waals surface area contributed by atoms with Gasteiger partial charge in [0, 0.05) is 0 Å². The zero-order valence-corrected chi connectivity index (χ0v) is 45.2. The predicted octanol–water partition coefficient (Wildman–Crippen LogP) is 22.9. The van der Waals surface area contributed by atoms with E-state index in [-0.39, 0.29) is 0 Å². The maximum atomic E-state index is 2.50. The Morgan fingerprint density at radius 2 is 0.293 bits per heavy atom. The molecule has 0 aliphatic carbocycles. The van der Waals surface area contributed by atoms with Crippen molar-refractivity contribution in [1.29, 1.82) is 0 Å². The molecule has 0 aliphatic rings. The van der Waals surface area contributed by atoms with Crippen LogP contribution in [0.5, 0.6) is 0 Å². The van der Waals surface area contributed by atoms with Crippen LogP contribution in [0.4, 0.5) is 0 Å². The number of hydrogen-bond acceptors (Lipinski definition) is 0. The van der Waals surface area contributed by atoms with E-state index in [0.29, 0.717) is 0 Å². The van der Waals surface area contributed by atoms with Crippen molar-refractivity contribution in [1.82, 2.24) is 0 Å². The normalized spacial score (nSPS) is 11.4. The average Bonchev–Trinajstić information content (AvgIpc) is 2.47. The Morgan fingerprint density at radius 1 is 0.110 bits per heavy atom. The van der Waals surface area contributed by atoms with E-state index in [1.807, 2.05) is 0 Å². The Balaban J connectivity index is 1.09. The zero-order valence-electron chi connectivity index (χ0n) is 45.2. The van der Waals surface area contributed by atoms with Crippen LogP contribution in [0, 0.1) is 0 Å². The van der Waals surface area contributed by atoms with Crippen molar-refractivity contribution in [3.05, 3.63) is 328 Å². The molecular weight excluding hydrogens is 985 g/mol. The molecule has 0 spiro atoms. The highest BCUT2D eigenvalue weighted by molar-refractivity contribution is 6.32. The van der Waals surface area contributed by atoms with E-state index in [1.54, 1.807) is 0 Å². The van der Waals surface area contributed by atoms with Crippen LogP contribution < -0.4 is 0 Å². The summed E-state index contributed by atoms with van der Waals surface area (Å²) in [5, 5.41) is 7.38. The van der Waals surface area contributed by atoms with Gasteiger partial charge in [-0.15, -0.1) is 0 Å². The molecule has 15 rings (SSSR count). The monoisotopic (exact) mass is 1040 g/mol. The third-order valence-electron chi connectivity index (χ3n) is 16.6. The fourth-order valence-electron chi connectivity index (χ4n) is 12.6. The van der Waals surface area contributed by atoms with Crippen molar-refractivity contribution in [3.8, 4) is 122 Å². The third kappa shape index (κ3) is 9.03. The molecule has 0 radical (unpaired) electrons. The summed E-state index contributed by atoms with van der Waals surface area (Å²) in [6.45, 7) is 0. The number of rotatable bonds is 11. The second-order valence-corrected chi connectivity index (χ2v) is 21.6. The van der Waals surface area contributed by atoms with Crippen molar-refractivity contribution >= 4 is 32.3 Å². The zero-order chi connectivity index (χ0) is 54.3. The van der Waals surface area contributed by atoms with E-state index < -0.39 is 0 Å². The van der Waals surface area contributed by atoms with Gasteiger partial charge in [-0.3, -0.25) is 0 Å². The SMILES string of the molecule is c1ccc(-c2cccc(-c3cc(-c4cc(-c5ccccc5)cc(-c5ccccc5)c4)c4ccc5c(-c6cc(-c7ccccc7)cc(-c7ccccc7)c6)cc(-c6cc(-c7ccccc7)cc(-c7ccccc7)c6)c6ccc3c4c65)c2)cc1. The van der Waals surface area contributed by atoms with E-state index in [1.165, 1.54) is 155 Å². The van der Waals surface area contributed by atoms with Gasteiger partial charge in [0.25, 0.3) is 0 Å². The molecule has 0 fully saturated rings. The molecule has 0 heteroatoms. The summed E-state index contributed by atoms with van der Waals surface area (Å²) in [5.41, 5.74) is 26.0. The Hall–Kier alpha value is -10.7. The average molecular weight is 1040 g/mol. The van der Waals surface area contributed by atoms with Gasteiger partial charge in [0.2, 0.25) is 0 Å². The highest BCUT2D eigenvalue weighted by atomic mass is 14.3. The number of benzene rings is 15. The molecule has 0 unspecified atom stereocenters. The Labute approximate surface area is 479 Å². The fraction of sp³-hybridized carbons (Fsp3) is 0. The van der Waals surface area contributed by atoms with Gasteiger partial charge in [-0.25, -0.2) is 0 Å². The lowest BCUT2D eigenvalue weighted by molar-refractivity contribution is 1.56. The van der Waals surface area contributed by atoms with Crippen molar-refractivity contribution in [2.24, 2.45) is 0 Å². The Bertz CT molecular complexity index is 4460. The standard InChI is InChI=1S/C82H54/c1-8-23-55(24-9-1)62-37-22-38-63(43-62)77-53-78(70-47-64(56-25-10-2-11-26-56)44-65(48-70)57-27-12-3-13-28-57)74-41-42-76-80(72-51-68(60-33-18-6-19-34-60)46-69(52-72)61-35-20-7-21-36-61)54-79(75-40-39-73(77)81(74)82(75)76)71-49-66(58-29-14-4-15-30-58)45-67(50-71)59-31-16-5-17-32-59/h1-54H. The molecule has 0 aromatic heterocycles. The van der Waals surface area contributed by atoms with Crippen LogP contribution in [0.1, 0.15) is 0 Å². The van der Waals surface area contributed by atoms with Crippen LogP contribution in [0.25, 0.3) is 155 Å². The van der Waals surface area contributed by atoms with Crippen LogP contribution in [-0.2, 0) is 0 Å². The largest absolute Gasteiger partial charge is 0.0622 e. The van der Waals surface area contributed by atoms with Crippen molar-refractivity contribution in [2.45, 2.75) is 0 Å². The van der Waals surface area contributed by atoms with Gasteiger partial charge >= 0.3 is 0 Å². The second kappa shape index (κ2) is 20.9. The summed E-state index contributed by atoms with van der Waals surface area (Å²) in [7, 11) is 0. The van der Waals surface area contributed by atoms with E-state index in [0.717, 1.165) is 0 Å². The van der Waals surface area contributed by atoms with E-state index in [2.05, 4.69) is 328 Å². The van der Waals surface area contributed by atoms with E-state index in [9.17, 15) is 0 Å². The summed E-state index contributed by atoms with van der Waals surface area (Å²) < 4.78 is 0. The Morgan fingerprint density at radius 3 is 0.549 bits per heavy atom. The first-order valence-electron chi connectivity index (χ1n) is 28.4. The Kier molecular flexibility index (Phi) is 12.3. The molecule has 382 valence electrons. The molecule has 15 aromatic carbocycles. The highest BCUT2D eigenvalue weighted by Gasteiger charge is 2.23. The maximum absolute atomic E-state index is 2.50. The summed E-state index contributed by atoms with van der Waals surface area (Å²) in [5.74, 6) is 0. The van der Waals surface area contributed by atoms with Gasteiger partial charge in [-0.2, -0.15) is 0 Å². The first-order valence-corrected chi connectivity index (χ1v) is 28.4. The van der Waals surface area contributed by atoms with Gasteiger partial charge in [0.1, 0.15) is 0 Å². The van der Waals surface area contributed by atoms with E-state index >= 15 is 0 Å². The predicted molar refractivity (Wildman–Crippen MR) is 350 cm³/mol. The van der Waals surface area contributed by atoms with Crippen molar-refractivity contribution in [2.75, 3.05) is 0 Å². The van der Waals surface area contributed by atoms with Gasteiger partial charge < -0.3 is 0 Å². The summed E-state index contributed by atoms with van der Waals surface area (Å²) in [6.07, 6.45) is 0. The van der Waals surface area contributed by atoms with Crippen molar-refractivity contribution in [3.63, 3.8) is 0 Å². The molecule has 0 atom stereocenters. The van der Waals surface area contributed by atoms with Crippen LogP contribution in [-0.4, -0.2) is 0 Å². The molecule has 0 N–H and O–H groups in total.